The van der Waals surface area contributed by atoms with Crippen LogP contribution in [0.3, 0.4) is 0 Å². The summed E-state index contributed by atoms with van der Waals surface area (Å²) < 4.78 is 0. The fourth-order valence-corrected chi connectivity index (χ4v) is 3.57. The Morgan fingerprint density at radius 2 is 1.18 bits per heavy atom. The van der Waals surface area contributed by atoms with Crippen molar-refractivity contribution >= 4 is 5.91 Å². The zero-order valence-corrected chi connectivity index (χ0v) is 19.2. The fourth-order valence-electron chi connectivity index (χ4n) is 3.57. The number of unbranched alkanes of at least 4 members (excludes halogenated alkanes) is 9. The van der Waals surface area contributed by atoms with E-state index in [1.54, 1.807) is 0 Å². The second kappa shape index (κ2) is 18.4. The number of carbonyl (C=O) groups excluding carboxylic acids is 1. The topological polar surface area (TPSA) is 64.0 Å². The van der Waals surface area contributed by atoms with Crippen LogP contribution < -0.4 is 0 Å². The molecule has 0 fully saturated rings. The number of carbonyl (C=O) groups is 1. The molecule has 1 amide bonds. The summed E-state index contributed by atoms with van der Waals surface area (Å²) in [4.78, 5) is 12.2. The molecule has 0 aromatic carbocycles. The average molecular weight is 401 g/mol. The minimum absolute atomic E-state index is 0.208. The van der Waals surface area contributed by atoms with Crippen molar-refractivity contribution in [1.29, 1.82) is 0 Å². The molecule has 28 heavy (non-hydrogen) atoms. The highest BCUT2D eigenvalue weighted by Crippen LogP contribution is 2.15. The normalized spacial score (nSPS) is 13.7. The monoisotopic (exact) mass is 400 g/mol. The lowest BCUT2D eigenvalue weighted by Gasteiger charge is -2.28. The van der Waals surface area contributed by atoms with E-state index in [9.17, 15) is 15.0 Å². The van der Waals surface area contributed by atoms with Crippen molar-refractivity contribution in [3.05, 3.63) is 0 Å². The highest BCUT2D eigenvalue weighted by atomic mass is 16.3. The van der Waals surface area contributed by atoms with Crippen LogP contribution in [0.1, 0.15) is 110 Å². The Balaban J connectivity index is 3.64. The molecule has 168 valence electrons. The van der Waals surface area contributed by atoms with Crippen LogP contribution in [0.5, 0.6) is 0 Å². The minimum Gasteiger partial charge on any atom is -0.390 e. The number of aliphatic hydroxyl groups is 2. The van der Waals surface area contributed by atoms with Gasteiger partial charge in [-0.2, -0.15) is 0 Å². The Kier molecular flexibility index (Phi) is 18.0. The largest absolute Gasteiger partial charge is 0.390 e. The van der Waals surface area contributed by atoms with E-state index in [1.807, 2.05) is 24.1 Å². The Morgan fingerprint density at radius 1 is 0.714 bits per heavy atom. The molecule has 0 spiro atoms. The number of rotatable bonds is 19. The lowest BCUT2D eigenvalue weighted by atomic mass is 9.99. The van der Waals surface area contributed by atoms with Gasteiger partial charge in [-0.05, 0) is 25.7 Å². The van der Waals surface area contributed by atoms with E-state index in [1.165, 1.54) is 25.7 Å². The van der Waals surface area contributed by atoms with Crippen LogP contribution >= 0.6 is 0 Å². The van der Waals surface area contributed by atoms with Gasteiger partial charge < -0.3 is 10.2 Å². The molecule has 0 aliphatic carbocycles. The molecule has 2 N–H and O–H groups in total. The zero-order valence-electron chi connectivity index (χ0n) is 19.2. The Hall–Kier alpha value is -0.650. The second-order valence-electron chi connectivity index (χ2n) is 8.36. The first kappa shape index (κ1) is 27.4. The molecule has 0 aliphatic rings. The van der Waals surface area contributed by atoms with E-state index in [-0.39, 0.29) is 5.91 Å². The van der Waals surface area contributed by atoms with Gasteiger partial charge >= 0.3 is 0 Å². The highest BCUT2D eigenvalue weighted by Gasteiger charge is 2.16. The summed E-state index contributed by atoms with van der Waals surface area (Å²) in [5.41, 5.74) is 0. The van der Waals surface area contributed by atoms with Crippen LogP contribution in [0.15, 0.2) is 0 Å². The summed E-state index contributed by atoms with van der Waals surface area (Å²) in [5.74, 6) is 0.208. The van der Waals surface area contributed by atoms with Gasteiger partial charge in [-0.15, -0.1) is 0 Å². The average Bonchev–Trinajstić information content (AvgIpc) is 2.67. The van der Waals surface area contributed by atoms with E-state index in [0.717, 1.165) is 64.3 Å². The van der Waals surface area contributed by atoms with E-state index in [2.05, 4.69) is 13.8 Å². The third-order valence-electron chi connectivity index (χ3n) is 5.39. The van der Waals surface area contributed by atoms with Gasteiger partial charge in [-0.1, -0.05) is 78.1 Å². The van der Waals surface area contributed by atoms with Crippen LogP contribution in [0.25, 0.3) is 0 Å². The van der Waals surface area contributed by atoms with E-state index in [4.69, 9.17) is 0 Å². The molecule has 0 rings (SSSR count). The van der Waals surface area contributed by atoms with Crippen molar-refractivity contribution < 1.29 is 15.0 Å². The predicted molar refractivity (Wildman–Crippen MR) is 118 cm³/mol. The number of hydrogen-bond acceptors (Lipinski definition) is 4. The van der Waals surface area contributed by atoms with Gasteiger partial charge in [-0.3, -0.25) is 9.80 Å². The van der Waals surface area contributed by atoms with Crippen LogP contribution in [0.2, 0.25) is 0 Å². The summed E-state index contributed by atoms with van der Waals surface area (Å²) in [7, 11) is 3.83. The van der Waals surface area contributed by atoms with E-state index in [0.29, 0.717) is 12.8 Å². The quantitative estimate of drug-likeness (QED) is 0.239. The fraction of sp³-hybridized carbons (Fsp3) is 0.957. The standard InChI is InChI=1S/C23H48N2O3/c1-5-7-8-9-11-14-17-21(26)22(27)18-15-12-10-13-16-19-23(28)25(20-6-2)24(3)4/h21-22,26-27H,5-20H2,1-4H3. The molecule has 0 radical (unpaired) electrons. The highest BCUT2D eigenvalue weighted by molar-refractivity contribution is 5.75. The minimum atomic E-state index is -0.583. The summed E-state index contributed by atoms with van der Waals surface area (Å²) in [5, 5.41) is 23.9. The molecular formula is C23H48N2O3. The van der Waals surface area contributed by atoms with Crippen LogP contribution in [0, 0.1) is 0 Å². The van der Waals surface area contributed by atoms with Crippen LogP contribution in [-0.2, 0) is 4.79 Å². The molecule has 0 aromatic rings. The lowest BCUT2D eigenvalue weighted by molar-refractivity contribution is -0.144. The maximum Gasteiger partial charge on any atom is 0.236 e. The molecular weight excluding hydrogens is 352 g/mol. The summed E-state index contributed by atoms with van der Waals surface area (Å²) in [6.45, 7) is 5.08. The predicted octanol–water partition coefficient (Wildman–Crippen LogP) is 4.90. The molecule has 0 aromatic heterocycles. The lowest BCUT2D eigenvalue weighted by Crippen LogP contribution is -2.42. The molecule has 0 saturated heterocycles. The SMILES string of the molecule is CCCCCCCCC(O)C(O)CCCCCCCC(=O)N(CCC)N(C)C. The Bertz CT molecular complexity index is 364. The number of hydrazine groups is 1. The summed E-state index contributed by atoms with van der Waals surface area (Å²) in [6.07, 6.45) is 14.1. The molecule has 2 atom stereocenters. The van der Waals surface area contributed by atoms with E-state index >= 15 is 0 Å². The number of hydrogen-bond donors (Lipinski definition) is 2. The molecule has 0 aliphatic heterocycles. The van der Waals surface area contributed by atoms with Gasteiger partial charge in [-0.25, -0.2) is 5.01 Å². The number of nitrogens with zero attached hydrogens (tertiary/aromatic N) is 2. The summed E-state index contributed by atoms with van der Waals surface area (Å²) in [6, 6.07) is 0. The second-order valence-corrected chi connectivity index (χ2v) is 8.36. The van der Waals surface area contributed by atoms with Crippen molar-refractivity contribution in [2.75, 3.05) is 20.6 Å². The first-order chi connectivity index (χ1) is 13.4. The Labute approximate surface area is 174 Å². The first-order valence-electron chi connectivity index (χ1n) is 11.8. The van der Waals surface area contributed by atoms with Gasteiger partial charge in [0, 0.05) is 27.1 Å². The molecule has 2 unspecified atom stereocenters. The third-order valence-corrected chi connectivity index (χ3v) is 5.39. The zero-order chi connectivity index (χ0) is 21.2. The van der Waals surface area contributed by atoms with Gasteiger partial charge in [0.1, 0.15) is 0 Å². The maximum atomic E-state index is 12.2. The van der Waals surface area contributed by atoms with Crippen molar-refractivity contribution in [2.45, 2.75) is 122 Å². The summed E-state index contributed by atoms with van der Waals surface area (Å²) >= 11 is 0. The molecule has 5 nitrogen and oxygen atoms in total. The first-order valence-corrected chi connectivity index (χ1v) is 11.8. The van der Waals surface area contributed by atoms with Crippen molar-refractivity contribution in [2.24, 2.45) is 0 Å². The van der Waals surface area contributed by atoms with Crippen molar-refractivity contribution in [3.8, 4) is 0 Å². The van der Waals surface area contributed by atoms with Crippen molar-refractivity contribution in [1.82, 2.24) is 10.0 Å². The van der Waals surface area contributed by atoms with Crippen molar-refractivity contribution in [3.63, 3.8) is 0 Å². The van der Waals surface area contributed by atoms with Gasteiger partial charge in [0.25, 0.3) is 0 Å². The van der Waals surface area contributed by atoms with Gasteiger partial charge in [0.05, 0.1) is 12.2 Å². The molecule has 0 saturated carbocycles. The Morgan fingerprint density at radius 3 is 1.64 bits per heavy atom. The molecule has 5 heteroatoms. The van der Waals surface area contributed by atoms with Gasteiger partial charge in [0.2, 0.25) is 5.91 Å². The molecule has 0 bridgehead atoms. The smallest absolute Gasteiger partial charge is 0.236 e. The molecule has 0 heterocycles. The maximum absolute atomic E-state index is 12.2. The third kappa shape index (κ3) is 14.4. The van der Waals surface area contributed by atoms with Gasteiger partial charge in [0.15, 0.2) is 0 Å². The number of amides is 1. The van der Waals surface area contributed by atoms with Crippen LogP contribution in [0.4, 0.5) is 0 Å². The van der Waals surface area contributed by atoms with Crippen LogP contribution in [-0.4, -0.2) is 59.0 Å². The number of aliphatic hydroxyl groups excluding tert-OH is 2. The van der Waals surface area contributed by atoms with E-state index < -0.39 is 12.2 Å².